The van der Waals surface area contributed by atoms with E-state index in [0.29, 0.717) is 5.92 Å². The third-order valence-electron chi connectivity index (χ3n) is 3.74. The van der Waals surface area contributed by atoms with Gasteiger partial charge in [0.1, 0.15) is 0 Å². The van der Waals surface area contributed by atoms with Gasteiger partial charge in [0.15, 0.2) is 0 Å². The van der Waals surface area contributed by atoms with Crippen molar-refractivity contribution in [3.05, 3.63) is 35.4 Å². The van der Waals surface area contributed by atoms with Gasteiger partial charge in [-0.15, -0.1) is 0 Å². The van der Waals surface area contributed by atoms with Crippen molar-refractivity contribution in [1.82, 2.24) is 10.6 Å². The van der Waals surface area contributed by atoms with E-state index in [0.717, 1.165) is 32.0 Å². The van der Waals surface area contributed by atoms with Crippen molar-refractivity contribution in [3.63, 3.8) is 0 Å². The Labute approximate surface area is 119 Å². The van der Waals surface area contributed by atoms with Gasteiger partial charge in [-0.05, 0) is 56.1 Å². The molecule has 19 heavy (non-hydrogen) atoms. The summed E-state index contributed by atoms with van der Waals surface area (Å²) in [4.78, 5) is 0. The van der Waals surface area contributed by atoms with Gasteiger partial charge < -0.3 is 10.6 Å². The lowest BCUT2D eigenvalue weighted by atomic mass is 10.0. The molecule has 0 aliphatic carbocycles. The van der Waals surface area contributed by atoms with Crippen LogP contribution < -0.4 is 10.6 Å². The Morgan fingerprint density at radius 1 is 1.05 bits per heavy atom. The van der Waals surface area contributed by atoms with Crippen LogP contribution in [0, 0.1) is 5.92 Å². The highest BCUT2D eigenvalue weighted by atomic mass is 14.9. The smallest absolute Gasteiger partial charge is 0.000823 e. The van der Waals surface area contributed by atoms with Crippen molar-refractivity contribution in [2.24, 2.45) is 5.92 Å². The fraction of sp³-hybridized carbons (Fsp3) is 0.647. The van der Waals surface area contributed by atoms with Crippen LogP contribution in [0.4, 0.5) is 0 Å². The van der Waals surface area contributed by atoms with Crippen molar-refractivity contribution in [3.8, 4) is 0 Å². The van der Waals surface area contributed by atoms with Gasteiger partial charge in [0.2, 0.25) is 0 Å². The van der Waals surface area contributed by atoms with Crippen molar-refractivity contribution in [2.45, 2.75) is 39.5 Å². The monoisotopic (exact) mass is 262 g/mol. The van der Waals surface area contributed by atoms with E-state index in [4.69, 9.17) is 0 Å². The second-order valence-corrected chi connectivity index (χ2v) is 5.68. The average Bonchev–Trinajstić information content (AvgIpc) is 2.42. The van der Waals surface area contributed by atoms with Crippen molar-refractivity contribution >= 4 is 0 Å². The molecule has 0 radical (unpaired) electrons. The maximum Gasteiger partial charge on any atom is -0.000823 e. The van der Waals surface area contributed by atoms with Gasteiger partial charge in [-0.2, -0.15) is 0 Å². The SMILES string of the molecule is CCC(CNC)CNCCc1ccc(C(C)C)cc1. The van der Waals surface area contributed by atoms with Gasteiger partial charge in [0.05, 0.1) is 0 Å². The molecule has 0 saturated carbocycles. The number of hydrogen-bond donors (Lipinski definition) is 2. The highest BCUT2D eigenvalue weighted by Crippen LogP contribution is 2.14. The molecule has 1 atom stereocenters. The Morgan fingerprint density at radius 2 is 1.74 bits per heavy atom. The van der Waals surface area contributed by atoms with E-state index in [-0.39, 0.29) is 0 Å². The van der Waals surface area contributed by atoms with E-state index in [2.05, 4.69) is 55.7 Å². The fourth-order valence-corrected chi connectivity index (χ4v) is 2.26. The van der Waals surface area contributed by atoms with E-state index in [1.54, 1.807) is 0 Å². The second kappa shape index (κ2) is 9.11. The summed E-state index contributed by atoms with van der Waals surface area (Å²) in [6.45, 7) is 10.0. The summed E-state index contributed by atoms with van der Waals surface area (Å²) in [5, 5.41) is 6.82. The standard InChI is InChI=1S/C17H30N2/c1-5-15(12-18-4)13-19-11-10-16-6-8-17(9-7-16)14(2)3/h6-9,14-15,18-19H,5,10-13H2,1-4H3. The molecule has 1 unspecified atom stereocenters. The van der Waals surface area contributed by atoms with Crippen LogP contribution in [-0.2, 0) is 6.42 Å². The first kappa shape index (κ1) is 16.2. The van der Waals surface area contributed by atoms with E-state index < -0.39 is 0 Å². The highest BCUT2D eigenvalue weighted by Gasteiger charge is 2.04. The van der Waals surface area contributed by atoms with E-state index >= 15 is 0 Å². The summed E-state index contributed by atoms with van der Waals surface area (Å²) in [6.07, 6.45) is 2.35. The average molecular weight is 262 g/mol. The first-order valence-electron chi connectivity index (χ1n) is 7.61. The fourth-order valence-electron chi connectivity index (χ4n) is 2.26. The maximum atomic E-state index is 3.57. The summed E-state index contributed by atoms with van der Waals surface area (Å²) in [5.74, 6) is 1.37. The van der Waals surface area contributed by atoms with Crippen LogP contribution in [0.15, 0.2) is 24.3 Å². The number of nitrogens with one attached hydrogen (secondary N) is 2. The Bertz CT molecular complexity index is 330. The van der Waals surface area contributed by atoms with E-state index in [1.807, 2.05) is 7.05 Å². The molecule has 0 aliphatic heterocycles. The molecule has 0 aliphatic rings. The molecular formula is C17H30N2. The van der Waals surface area contributed by atoms with Gasteiger partial charge in [-0.1, -0.05) is 51.5 Å². The molecule has 0 fully saturated rings. The Balaban J connectivity index is 2.25. The van der Waals surface area contributed by atoms with Gasteiger partial charge >= 0.3 is 0 Å². The Kier molecular flexibility index (Phi) is 7.76. The van der Waals surface area contributed by atoms with Crippen molar-refractivity contribution < 1.29 is 0 Å². The molecule has 108 valence electrons. The Morgan fingerprint density at radius 3 is 2.26 bits per heavy atom. The lowest BCUT2D eigenvalue weighted by Crippen LogP contribution is -2.30. The molecule has 1 aromatic rings. The summed E-state index contributed by atoms with van der Waals surface area (Å²) >= 11 is 0. The van der Waals surface area contributed by atoms with Gasteiger partial charge in [-0.3, -0.25) is 0 Å². The summed E-state index contributed by atoms with van der Waals surface area (Å²) < 4.78 is 0. The van der Waals surface area contributed by atoms with Gasteiger partial charge in [-0.25, -0.2) is 0 Å². The predicted molar refractivity (Wildman–Crippen MR) is 84.8 cm³/mol. The minimum atomic E-state index is 0.624. The van der Waals surface area contributed by atoms with Crippen LogP contribution in [0.2, 0.25) is 0 Å². The van der Waals surface area contributed by atoms with E-state index in [1.165, 1.54) is 17.5 Å². The summed E-state index contributed by atoms with van der Waals surface area (Å²) in [5.41, 5.74) is 2.86. The first-order valence-corrected chi connectivity index (χ1v) is 7.61. The molecule has 1 aromatic carbocycles. The van der Waals surface area contributed by atoms with E-state index in [9.17, 15) is 0 Å². The number of benzene rings is 1. The molecule has 0 amide bonds. The lowest BCUT2D eigenvalue weighted by Gasteiger charge is -2.15. The molecule has 0 heterocycles. The topological polar surface area (TPSA) is 24.1 Å². The molecule has 0 aromatic heterocycles. The normalized spacial score (nSPS) is 12.9. The zero-order valence-electron chi connectivity index (χ0n) is 13.0. The molecule has 2 nitrogen and oxygen atoms in total. The van der Waals surface area contributed by atoms with Crippen molar-refractivity contribution in [2.75, 3.05) is 26.7 Å². The molecule has 1 rings (SSSR count). The van der Waals surface area contributed by atoms with Crippen LogP contribution >= 0.6 is 0 Å². The van der Waals surface area contributed by atoms with Crippen molar-refractivity contribution in [1.29, 1.82) is 0 Å². The molecule has 0 spiro atoms. The maximum absolute atomic E-state index is 3.57. The molecular weight excluding hydrogens is 232 g/mol. The number of hydrogen-bond acceptors (Lipinski definition) is 2. The summed E-state index contributed by atoms with van der Waals surface area (Å²) in [6, 6.07) is 9.05. The minimum absolute atomic E-state index is 0.624. The quantitative estimate of drug-likeness (QED) is 0.668. The third-order valence-corrected chi connectivity index (χ3v) is 3.74. The summed E-state index contributed by atoms with van der Waals surface area (Å²) in [7, 11) is 2.03. The molecule has 2 N–H and O–H groups in total. The largest absolute Gasteiger partial charge is 0.319 e. The van der Waals surface area contributed by atoms with Gasteiger partial charge in [0.25, 0.3) is 0 Å². The minimum Gasteiger partial charge on any atom is -0.319 e. The third kappa shape index (κ3) is 6.22. The second-order valence-electron chi connectivity index (χ2n) is 5.68. The predicted octanol–water partition coefficient (Wildman–Crippen LogP) is 3.19. The Hall–Kier alpha value is -0.860. The molecule has 0 saturated heterocycles. The molecule has 2 heteroatoms. The molecule has 0 bridgehead atoms. The van der Waals surface area contributed by atoms with Crippen LogP contribution in [0.1, 0.15) is 44.2 Å². The zero-order valence-corrected chi connectivity index (χ0v) is 13.0. The number of rotatable bonds is 9. The lowest BCUT2D eigenvalue weighted by molar-refractivity contribution is 0.447. The van der Waals surface area contributed by atoms with Crippen LogP contribution in [0.5, 0.6) is 0 Å². The first-order chi connectivity index (χ1) is 9.17. The van der Waals surface area contributed by atoms with Crippen LogP contribution in [0.3, 0.4) is 0 Å². The zero-order chi connectivity index (χ0) is 14.1. The van der Waals surface area contributed by atoms with Crippen LogP contribution in [-0.4, -0.2) is 26.7 Å². The van der Waals surface area contributed by atoms with Crippen LogP contribution in [0.25, 0.3) is 0 Å². The van der Waals surface area contributed by atoms with Gasteiger partial charge in [0, 0.05) is 0 Å². The highest BCUT2D eigenvalue weighted by molar-refractivity contribution is 5.24.